The first-order valence-electron chi connectivity index (χ1n) is 7.20. The molecule has 1 aromatic rings. The summed E-state index contributed by atoms with van der Waals surface area (Å²) in [5, 5.41) is 8.31. The Morgan fingerprint density at radius 1 is 1.50 bits per heavy atom. The molecule has 0 saturated carbocycles. The van der Waals surface area contributed by atoms with Crippen molar-refractivity contribution in [1.29, 1.82) is 0 Å². The maximum absolute atomic E-state index is 11.9. The van der Waals surface area contributed by atoms with Crippen LogP contribution >= 0.6 is 36.2 Å². The maximum Gasteiger partial charge on any atom is 0.250 e. The van der Waals surface area contributed by atoms with Crippen LogP contribution in [0.4, 0.5) is 0 Å². The van der Waals surface area contributed by atoms with E-state index < -0.39 is 0 Å². The number of nitrogens with zero attached hydrogens (tertiary/aromatic N) is 1. The van der Waals surface area contributed by atoms with Gasteiger partial charge in [0, 0.05) is 44.1 Å². The molecule has 2 N–H and O–H groups in total. The second-order valence-corrected chi connectivity index (χ2v) is 6.25. The van der Waals surface area contributed by atoms with E-state index in [4.69, 9.17) is 4.74 Å². The Morgan fingerprint density at radius 2 is 2.36 bits per heavy atom. The molecule has 0 bridgehead atoms. The molecule has 1 atom stereocenters. The molecule has 8 heteroatoms. The summed E-state index contributed by atoms with van der Waals surface area (Å²) in [6.45, 7) is 5.76. The fraction of sp³-hybridized carbons (Fsp3) is 0.643. The highest BCUT2D eigenvalue weighted by Crippen LogP contribution is 2.23. The summed E-state index contributed by atoms with van der Waals surface area (Å²) in [7, 11) is 0. The first-order valence-corrected chi connectivity index (χ1v) is 8.08. The third kappa shape index (κ3) is 5.08. The van der Waals surface area contributed by atoms with Crippen molar-refractivity contribution < 1.29 is 9.53 Å². The van der Waals surface area contributed by atoms with Crippen molar-refractivity contribution in [3.8, 4) is 0 Å². The van der Waals surface area contributed by atoms with E-state index >= 15 is 0 Å². The van der Waals surface area contributed by atoms with Gasteiger partial charge in [-0.05, 0) is 23.4 Å². The molecule has 1 unspecified atom stereocenters. The highest BCUT2D eigenvalue weighted by atomic mass is 35.5. The van der Waals surface area contributed by atoms with Gasteiger partial charge in [0.05, 0.1) is 6.61 Å². The van der Waals surface area contributed by atoms with Crippen molar-refractivity contribution >= 4 is 42.1 Å². The van der Waals surface area contributed by atoms with Crippen LogP contribution in [-0.4, -0.2) is 56.2 Å². The maximum atomic E-state index is 11.9. The van der Waals surface area contributed by atoms with Crippen LogP contribution in [0.25, 0.3) is 0 Å². The monoisotopic (exact) mass is 367 g/mol. The van der Waals surface area contributed by atoms with Gasteiger partial charge in [-0.25, -0.2) is 0 Å². The Labute approximate surface area is 147 Å². The van der Waals surface area contributed by atoms with Gasteiger partial charge in [-0.2, -0.15) is 0 Å². The zero-order valence-electron chi connectivity index (χ0n) is 12.4. The van der Waals surface area contributed by atoms with Gasteiger partial charge in [-0.15, -0.1) is 36.2 Å². The first-order chi connectivity index (χ1) is 9.83. The molecule has 0 spiro atoms. The smallest absolute Gasteiger partial charge is 0.250 e. The molecule has 3 rings (SSSR count). The summed E-state index contributed by atoms with van der Waals surface area (Å²) in [6.07, 6.45) is 0.810. The van der Waals surface area contributed by atoms with Crippen LogP contribution in [0.1, 0.15) is 10.4 Å². The number of nitrogens with one attached hydrogen (secondary N) is 2. The lowest BCUT2D eigenvalue weighted by molar-refractivity contribution is -0.134. The quantitative estimate of drug-likeness (QED) is 0.835. The van der Waals surface area contributed by atoms with E-state index in [2.05, 4.69) is 27.0 Å². The summed E-state index contributed by atoms with van der Waals surface area (Å²) >= 11 is 1.86. The zero-order chi connectivity index (χ0) is 13.8. The van der Waals surface area contributed by atoms with E-state index in [9.17, 15) is 4.79 Å². The molecule has 1 fully saturated rings. The predicted octanol–water partition coefficient (Wildman–Crippen LogP) is 1.05. The number of halogens is 2. The first kappa shape index (κ1) is 19.7. The average molecular weight is 368 g/mol. The Kier molecular flexibility index (Phi) is 8.67. The van der Waals surface area contributed by atoms with Crippen LogP contribution < -0.4 is 10.6 Å². The zero-order valence-corrected chi connectivity index (χ0v) is 14.8. The fourth-order valence-corrected chi connectivity index (χ4v) is 3.57. The van der Waals surface area contributed by atoms with Gasteiger partial charge < -0.3 is 15.4 Å². The van der Waals surface area contributed by atoms with E-state index in [1.165, 1.54) is 10.4 Å². The Hall–Kier alpha value is -0.370. The number of carbonyl (C=O) groups excluding carboxylic acids is 1. The third-order valence-electron chi connectivity index (χ3n) is 3.83. The van der Waals surface area contributed by atoms with Crippen molar-refractivity contribution in [2.24, 2.45) is 0 Å². The molecule has 3 heterocycles. The number of carbonyl (C=O) groups is 1. The van der Waals surface area contributed by atoms with Gasteiger partial charge in [0.25, 0.3) is 5.91 Å². The van der Waals surface area contributed by atoms with Crippen molar-refractivity contribution in [3.05, 3.63) is 21.9 Å². The number of ether oxygens (including phenoxy) is 1. The predicted molar refractivity (Wildman–Crippen MR) is 93.4 cm³/mol. The van der Waals surface area contributed by atoms with Crippen molar-refractivity contribution in [2.45, 2.75) is 19.1 Å². The number of fused-ring (bicyclic) bond motifs is 1. The second kappa shape index (κ2) is 9.70. The molecule has 1 aromatic heterocycles. The molecule has 22 heavy (non-hydrogen) atoms. The van der Waals surface area contributed by atoms with Crippen LogP contribution in [0.3, 0.4) is 0 Å². The van der Waals surface area contributed by atoms with Crippen LogP contribution in [0.2, 0.25) is 0 Å². The van der Waals surface area contributed by atoms with E-state index in [1.54, 1.807) is 0 Å². The SMILES string of the molecule is Cl.Cl.O=C(NCCN1CCc2sccc2C1)C1CNCCO1. The van der Waals surface area contributed by atoms with E-state index in [-0.39, 0.29) is 36.8 Å². The molecule has 126 valence electrons. The van der Waals surface area contributed by atoms with Gasteiger partial charge in [0.1, 0.15) is 6.10 Å². The standard InChI is InChI=1S/C14H21N3O2S.2ClH/c18-14(12-9-15-4-7-19-12)16-3-6-17-5-1-13-11(10-17)2-8-20-13;;/h2,8,12,15H,1,3-7,9-10H2,(H,16,18);2*1H. The molecule has 2 aliphatic rings. The lowest BCUT2D eigenvalue weighted by Crippen LogP contribution is -2.49. The molecule has 1 amide bonds. The van der Waals surface area contributed by atoms with Crippen molar-refractivity contribution in [1.82, 2.24) is 15.5 Å². The Bertz CT molecular complexity index is 467. The summed E-state index contributed by atoms with van der Waals surface area (Å²) in [5.74, 6) is 0.00503. The summed E-state index contributed by atoms with van der Waals surface area (Å²) < 4.78 is 5.43. The number of amides is 1. The Balaban J connectivity index is 0.00000121. The van der Waals surface area contributed by atoms with Crippen molar-refractivity contribution in [2.75, 3.05) is 39.3 Å². The van der Waals surface area contributed by atoms with E-state index in [1.807, 2.05) is 11.3 Å². The largest absolute Gasteiger partial charge is 0.366 e. The van der Waals surface area contributed by atoms with Crippen LogP contribution in [0, 0.1) is 0 Å². The molecular weight excluding hydrogens is 345 g/mol. The minimum absolute atomic E-state index is 0. The topological polar surface area (TPSA) is 53.6 Å². The molecule has 0 aliphatic carbocycles. The molecule has 0 aromatic carbocycles. The van der Waals surface area contributed by atoms with Gasteiger partial charge in [-0.1, -0.05) is 0 Å². The highest BCUT2D eigenvalue weighted by Gasteiger charge is 2.22. The normalized spacial score (nSPS) is 21.2. The Morgan fingerprint density at radius 3 is 3.14 bits per heavy atom. The molecular formula is C14H23Cl2N3O2S. The van der Waals surface area contributed by atoms with Gasteiger partial charge in [-0.3, -0.25) is 9.69 Å². The number of rotatable bonds is 4. The average Bonchev–Trinajstić information content (AvgIpc) is 2.95. The number of hydrogen-bond donors (Lipinski definition) is 2. The summed E-state index contributed by atoms with van der Waals surface area (Å²) in [5.41, 5.74) is 1.45. The molecule has 5 nitrogen and oxygen atoms in total. The number of hydrogen-bond acceptors (Lipinski definition) is 5. The fourth-order valence-electron chi connectivity index (χ4n) is 2.68. The lowest BCUT2D eigenvalue weighted by atomic mass is 10.1. The van der Waals surface area contributed by atoms with Gasteiger partial charge in [0.2, 0.25) is 0 Å². The van der Waals surface area contributed by atoms with E-state index in [0.717, 1.165) is 32.6 Å². The van der Waals surface area contributed by atoms with Gasteiger partial charge in [0.15, 0.2) is 0 Å². The van der Waals surface area contributed by atoms with Crippen LogP contribution in [0.15, 0.2) is 11.4 Å². The minimum Gasteiger partial charge on any atom is -0.366 e. The number of morpholine rings is 1. The lowest BCUT2D eigenvalue weighted by Gasteiger charge is -2.27. The number of thiophene rings is 1. The summed E-state index contributed by atoms with van der Waals surface area (Å²) in [4.78, 5) is 15.8. The molecule has 0 radical (unpaired) electrons. The van der Waals surface area contributed by atoms with Crippen molar-refractivity contribution in [3.63, 3.8) is 0 Å². The third-order valence-corrected chi connectivity index (χ3v) is 4.86. The molecule has 1 saturated heterocycles. The highest BCUT2D eigenvalue weighted by molar-refractivity contribution is 7.10. The van der Waals surface area contributed by atoms with E-state index in [0.29, 0.717) is 19.7 Å². The van der Waals surface area contributed by atoms with Crippen LogP contribution in [-0.2, 0) is 22.5 Å². The molecule has 2 aliphatic heterocycles. The van der Waals surface area contributed by atoms with Crippen LogP contribution in [0.5, 0.6) is 0 Å². The minimum atomic E-state index is -0.325. The summed E-state index contributed by atoms with van der Waals surface area (Å²) in [6, 6.07) is 2.21. The second-order valence-electron chi connectivity index (χ2n) is 5.25. The van der Waals surface area contributed by atoms with Gasteiger partial charge >= 0.3 is 0 Å².